The van der Waals surface area contributed by atoms with E-state index in [9.17, 15) is 8.42 Å². The van der Waals surface area contributed by atoms with E-state index in [-0.39, 0.29) is 4.90 Å². The third-order valence-electron chi connectivity index (χ3n) is 3.68. The number of rotatable bonds is 2. The standard InChI is InChI=1S/C17H14N2O2S/c1-12-8-17-14(10-15(12)11-18)9-13(2)19(17)22(20,21)16-6-4-3-5-7-16/h3-10H,1-2H3. The van der Waals surface area contributed by atoms with Crippen molar-refractivity contribution in [1.82, 2.24) is 3.97 Å². The van der Waals surface area contributed by atoms with Crippen molar-refractivity contribution in [3.63, 3.8) is 0 Å². The highest BCUT2D eigenvalue weighted by molar-refractivity contribution is 7.90. The van der Waals surface area contributed by atoms with Crippen LogP contribution in [0, 0.1) is 25.2 Å². The molecule has 1 heterocycles. The third kappa shape index (κ3) is 2.09. The van der Waals surface area contributed by atoms with Gasteiger partial charge in [-0.15, -0.1) is 0 Å². The van der Waals surface area contributed by atoms with Crippen LogP contribution in [0.3, 0.4) is 0 Å². The molecule has 4 nitrogen and oxygen atoms in total. The van der Waals surface area contributed by atoms with E-state index in [2.05, 4.69) is 6.07 Å². The highest BCUT2D eigenvalue weighted by atomic mass is 32.2. The van der Waals surface area contributed by atoms with Crippen molar-refractivity contribution >= 4 is 20.9 Å². The number of hydrogen-bond donors (Lipinski definition) is 0. The SMILES string of the molecule is Cc1cc2c(cc1C#N)cc(C)n2S(=O)(=O)c1ccccc1. The molecule has 0 unspecified atom stereocenters. The van der Waals surface area contributed by atoms with E-state index in [1.54, 1.807) is 62.4 Å². The molecule has 0 saturated heterocycles. The van der Waals surface area contributed by atoms with Crippen LogP contribution in [0.25, 0.3) is 10.9 Å². The van der Waals surface area contributed by atoms with Gasteiger partial charge in [-0.3, -0.25) is 0 Å². The number of benzene rings is 2. The smallest absolute Gasteiger partial charge is 0.238 e. The largest absolute Gasteiger partial charge is 0.268 e. The summed E-state index contributed by atoms with van der Waals surface area (Å²) in [7, 11) is -3.66. The Morgan fingerprint density at radius 3 is 2.36 bits per heavy atom. The lowest BCUT2D eigenvalue weighted by Crippen LogP contribution is -2.14. The topological polar surface area (TPSA) is 62.9 Å². The number of aromatic nitrogens is 1. The Kier molecular flexibility index (Phi) is 3.27. The molecule has 0 bridgehead atoms. The van der Waals surface area contributed by atoms with Gasteiger partial charge in [0.05, 0.1) is 22.0 Å². The number of hydrogen-bond acceptors (Lipinski definition) is 3. The number of nitrogens with zero attached hydrogens (tertiary/aromatic N) is 2. The molecule has 0 aliphatic rings. The summed E-state index contributed by atoms with van der Waals surface area (Å²) >= 11 is 0. The van der Waals surface area contributed by atoms with Crippen LogP contribution in [-0.2, 0) is 10.0 Å². The monoisotopic (exact) mass is 310 g/mol. The van der Waals surface area contributed by atoms with Gasteiger partial charge >= 0.3 is 0 Å². The van der Waals surface area contributed by atoms with E-state index in [1.165, 1.54) is 3.97 Å². The van der Waals surface area contributed by atoms with Crippen LogP contribution in [0.1, 0.15) is 16.8 Å². The van der Waals surface area contributed by atoms with Crippen LogP contribution >= 0.6 is 0 Å². The van der Waals surface area contributed by atoms with Crippen molar-refractivity contribution in [2.45, 2.75) is 18.7 Å². The fourth-order valence-electron chi connectivity index (χ4n) is 2.61. The van der Waals surface area contributed by atoms with E-state index in [0.29, 0.717) is 16.8 Å². The predicted octanol–water partition coefficient (Wildman–Crippen LogP) is 3.37. The lowest BCUT2D eigenvalue weighted by Gasteiger charge is -2.10. The van der Waals surface area contributed by atoms with Crippen molar-refractivity contribution in [3.8, 4) is 6.07 Å². The molecule has 0 spiro atoms. The molecule has 22 heavy (non-hydrogen) atoms. The van der Waals surface area contributed by atoms with Crippen LogP contribution in [0.4, 0.5) is 0 Å². The average molecular weight is 310 g/mol. The molecular weight excluding hydrogens is 296 g/mol. The normalized spacial score (nSPS) is 11.5. The molecule has 0 saturated carbocycles. The van der Waals surface area contributed by atoms with Gasteiger partial charge in [0.15, 0.2) is 0 Å². The molecule has 0 aliphatic carbocycles. The second-order valence-corrected chi connectivity index (χ2v) is 6.99. The molecule has 1 aromatic heterocycles. The summed E-state index contributed by atoms with van der Waals surface area (Å²) in [5.41, 5.74) is 2.53. The molecular formula is C17H14N2O2S. The zero-order chi connectivity index (χ0) is 15.9. The van der Waals surface area contributed by atoms with E-state index in [1.807, 2.05) is 0 Å². The van der Waals surface area contributed by atoms with Crippen molar-refractivity contribution < 1.29 is 8.42 Å². The Morgan fingerprint density at radius 2 is 1.73 bits per heavy atom. The van der Waals surface area contributed by atoms with Gasteiger partial charge in [0.2, 0.25) is 0 Å². The summed E-state index contributed by atoms with van der Waals surface area (Å²) in [6, 6.07) is 15.7. The maximum Gasteiger partial charge on any atom is 0.268 e. The van der Waals surface area contributed by atoms with Gasteiger partial charge in [-0.1, -0.05) is 18.2 Å². The quantitative estimate of drug-likeness (QED) is 0.729. The molecule has 0 fully saturated rings. The maximum absolute atomic E-state index is 12.9. The second-order valence-electron chi connectivity index (χ2n) is 5.21. The summed E-state index contributed by atoms with van der Waals surface area (Å²) in [6.07, 6.45) is 0. The average Bonchev–Trinajstić information content (AvgIpc) is 2.82. The van der Waals surface area contributed by atoms with Gasteiger partial charge in [0.25, 0.3) is 10.0 Å². The highest BCUT2D eigenvalue weighted by Crippen LogP contribution is 2.27. The number of aryl methyl sites for hydroxylation is 2. The Hall–Kier alpha value is -2.58. The lowest BCUT2D eigenvalue weighted by atomic mass is 10.1. The molecule has 0 radical (unpaired) electrons. The van der Waals surface area contributed by atoms with Gasteiger partial charge < -0.3 is 0 Å². The summed E-state index contributed by atoms with van der Waals surface area (Å²) in [4.78, 5) is 0.248. The molecule has 0 aliphatic heterocycles. The van der Waals surface area contributed by atoms with E-state index >= 15 is 0 Å². The minimum absolute atomic E-state index is 0.248. The van der Waals surface area contributed by atoms with E-state index in [4.69, 9.17) is 5.26 Å². The van der Waals surface area contributed by atoms with Crippen LogP contribution in [0.2, 0.25) is 0 Å². The number of nitriles is 1. The van der Waals surface area contributed by atoms with Gasteiger partial charge in [-0.2, -0.15) is 5.26 Å². The van der Waals surface area contributed by atoms with Crippen molar-refractivity contribution in [2.75, 3.05) is 0 Å². The molecule has 3 aromatic rings. The van der Waals surface area contributed by atoms with Crippen LogP contribution < -0.4 is 0 Å². The van der Waals surface area contributed by atoms with E-state index in [0.717, 1.165) is 10.9 Å². The molecule has 3 rings (SSSR count). The second kappa shape index (κ2) is 5.00. The summed E-state index contributed by atoms with van der Waals surface area (Å²) in [5.74, 6) is 0. The first-order chi connectivity index (χ1) is 10.4. The maximum atomic E-state index is 12.9. The molecule has 5 heteroatoms. The first kappa shape index (κ1) is 14.4. The zero-order valence-electron chi connectivity index (χ0n) is 12.2. The van der Waals surface area contributed by atoms with Crippen LogP contribution in [0.15, 0.2) is 53.4 Å². The highest BCUT2D eigenvalue weighted by Gasteiger charge is 2.21. The molecule has 2 aromatic carbocycles. The van der Waals surface area contributed by atoms with Crippen LogP contribution in [0.5, 0.6) is 0 Å². The first-order valence-corrected chi connectivity index (χ1v) is 8.22. The molecule has 0 N–H and O–H groups in total. The Morgan fingerprint density at radius 1 is 1.05 bits per heavy atom. The Labute approximate surface area is 129 Å². The number of fused-ring (bicyclic) bond motifs is 1. The molecule has 0 amide bonds. The summed E-state index contributed by atoms with van der Waals surface area (Å²) in [5, 5.41) is 9.87. The fourth-order valence-corrected chi connectivity index (χ4v) is 4.17. The lowest BCUT2D eigenvalue weighted by molar-refractivity contribution is 0.588. The zero-order valence-corrected chi connectivity index (χ0v) is 13.1. The first-order valence-electron chi connectivity index (χ1n) is 6.78. The van der Waals surface area contributed by atoms with Crippen molar-refractivity contribution in [2.24, 2.45) is 0 Å². The van der Waals surface area contributed by atoms with Gasteiger partial charge in [0.1, 0.15) is 0 Å². The Bertz CT molecular complexity index is 1010. The van der Waals surface area contributed by atoms with Crippen molar-refractivity contribution in [3.05, 3.63) is 65.4 Å². The van der Waals surface area contributed by atoms with E-state index < -0.39 is 10.0 Å². The third-order valence-corrected chi connectivity index (χ3v) is 5.51. The molecule has 110 valence electrons. The molecule has 0 atom stereocenters. The van der Waals surface area contributed by atoms with Gasteiger partial charge in [-0.05, 0) is 49.7 Å². The van der Waals surface area contributed by atoms with Crippen molar-refractivity contribution in [1.29, 1.82) is 5.26 Å². The predicted molar refractivity (Wildman–Crippen MR) is 85.2 cm³/mol. The fraction of sp³-hybridized carbons (Fsp3) is 0.118. The summed E-state index contributed by atoms with van der Waals surface area (Å²) in [6.45, 7) is 3.56. The summed E-state index contributed by atoms with van der Waals surface area (Å²) < 4.78 is 27.1. The minimum Gasteiger partial charge on any atom is -0.238 e. The van der Waals surface area contributed by atoms with Gasteiger partial charge in [-0.25, -0.2) is 12.4 Å². The Balaban J connectivity index is 2.35. The van der Waals surface area contributed by atoms with Gasteiger partial charge in [0, 0.05) is 11.1 Å². The minimum atomic E-state index is -3.66. The van der Waals surface area contributed by atoms with Crippen LogP contribution in [-0.4, -0.2) is 12.4 Å².